The van der Waals surface area contributed by atoms with Crippen LogP contribution in [0.3, 0.4) is 0 Å². The van der Waals surface area contributed by atoms with Crippen LogP contribution in [0, 0.1) is 5.92 Å². The number of hydrogen-bond acceptors (Lipinski definition) is 6. The lowest BCUT2D eigenvalue weighted by atomic mass is 10.2. The Kier molecular flexibility index (Phi) is 7.30. The van der Waals surface area contributed by atoms with Gasteiger partial charge in [0.1, 0.15) is 5.52 Å². The number of sulfonamides is 1. The largest absolute Gasteiger partial charge is 0.431 e. The highest BCUT2D eigenvalue weighted by Crippen LogP contribution is 2.29. The summed E-state index contributed by atoms with van der Waals surface area (Å²) in [6, 6.07) is 4.64. The molecule has 150 valence electrons. The van der Waals surface area contributed by atoms with Crippen molar-refractivity contribution in [3.05, 3.63) is 18.2 Å². The quantitative estimate of drug-likeness (QED) is 0.635. The number of carbonyl (C=O) groups excluding carboxylic acids is 1. The van der Waals surface area contributed by atoms with Crippen LogP contribution in [0.4, 0.5) is 0 Å². The molecular formula is C18H27N3O4S2. The third kappa shape index (κ3) is 5.24. The van der Waals surface area contributed by atoms with E-state index in [2.05, 4.69) is 10.3 Å². The molecule has 0 aliphatic rings. The summed E-state index contributed by atoms with van der Waals surface area (Å²) in [6.45, 7) is 10.9. The molecular weight excluding hydrogens is 386 g/mol. The topological polar surface area (TPSA) is 92.5 Å². The maximum atomic E-state index is 12.6. The molecule has 7 nitrogen and oxygen atoms in total. The average molecular weight is 414 g/mol. The number of nitrogens with zero attached hydrogens (tertiary/aromatic N) is 2. The van der Waals surface area contributed by atoms with Crippen LogP contribution in [0.25, 0.3) is 11.1 Å². The molecule has 0 saturated carbocycles. The molecule has 0 saturated heterocycles. The van der Waals surface area contributed by atoms with Gasteiger partial charge in [-0.3, -0.25) is 4.79 Å². The zero-order valence-corrected chi connectivity index (χ0v) is 18.0. The van der Waals surface area contributed by atoms with Gasteiger partial charge in [0.25, 0.3) is 5.22 Å². The Hall–Kier alpha value is -1.58. The predicted molar refractivity (Wildman–Crippen MR) is 107 cm³/mol. The van der Waals surface area contributed by atoms with Crippen LogP contribution in [-0.4, -0.2) is 48.5 Å². The van der Waals surface area contributed by atoms with Crippen molar-refractivity contribution in [1.82, 2.24) is 14.6 Å². The first-order chi connectivity index (χ1) is 12.7. The van der Waals surface area contributed by atoms with E-state index in [0.717, 1.165) is 0 Å². The van der Waals surface area contributed by atoms with E-state index in [-0.39, 0.29) is 16.1 Å². The molecule has 0 spiro atoms. The van der Waals surface area contributed by atoms with Gasteiger partial charge in [0.05, 0.1) is 10.1 Å². The molecule has 0 unspecified atom stereocenters. The number of amides is 1. The maximum Gasteiger partial charge on any atom is 0.257 e. The molecule has 9 heteroatoms. The molecule has 2 aromatic rings. The van der Waals surface area contributed by atoms with E-state index in [1.165, 1.54) is 28.2 Å². The Morgan fingerprint density at radius 1 is 1.26 bits per heavy atom. The SMILES string of the molecule is CCN(CC)S(=O)(=O)c1ccc2oc(S[C@@H](C)C(=O)NCC(C)C)nc2c1. The Labute approximate surface area is 164 Å². The van der Waals surface area contributed by atoms with E-state index in [1.54, 1.807) is 26.8 Å². The summed E-state index contributed by atoms with van der Waals surface area (Å²) in [4.78, 5) is 16.6. The Balaban J connectivity index is 2.19. The maximum absolute atomic E-state index is 12.6. The van der Waals surface area contributed by atoms with Gasteiger partial charge in [0.15, 0.2) is 5.58 Å². The smallest absolute Gasteiger partial charge is 0.257 e. The van der Waals surface area contributed by atoms with Crippen LogP contribution in [0.15, 0.2) is 32.7 Å². The number of benzene rings is 1. The van der Waals surface area contributed by atoms with E-state index in [0.29, 0.717) is 41.9 Å². The average Bonchev–Trinajstić information content (AvgIpc) is 3.01. The number of oxazole rings is 1. The van der Waals surface area contributed by atoms with Gasteiger partial charge < -0.3 is 9.73 Å². The number of nitrogens with one attached hydrogen (secondary N) is 1. The van der Waals surface area contributed by atoms with Gasteiger partial charge in [0.2, 0.25) is 15.9 Å². The van der Waals surface area contributed by atoms with Crippen LogP contribution in [0.5, 0.6) is 0 Å². The van der Waals surface area contributed by atoms with Crippen molar-refractivity contribution in [2.75, 3.05) is 19.6 Å². The summed E-state index contributed by atoms with van der Waals surface area (Å²) >= 11 is 1.21. The summed E-state index contributed by atoms with van der Waals surface area (Å²) in [6.07, 6.45) is 0. The number of hydrogen-bond donors (Lipinski definition) is 1. The summed E-state index contributed by atoms with van der Waals surface area (Å²) < 4.78 is 32.3. The molecule has 1 N–H and O–H groups in total. The lowest BCUT2D eigenvalue weighted by Crippen LogP contribution is -2.33. The van der Waals surface area contributed by atoms with Crippen LogP contribution in [0.2, 0.25) is 0 Å². The predicted octanol–water partition coefficient (Wildman–Crippen LogP) is 3.11. The van der Waals surface area contributed by atoms with Crippen molar-refractivity contribution in [3.8, 4) is 0 Å². The Morgan fingerprint density at radius 3 is 2.52 bits per heavy atom. The molecule has 0 bridgehead atoms. The van der Waals surface area contributed by atoms with Crippen molar-refractivity contribution in [2.45, 2.75) is 50.0 Å². The first-order valence-electron chi connectivity index (χ1n) is 9.04. The zero-order chi connectivity index (χ0) is 20.2. The second-order valence-electron chi connectivity index (χ2n) is 6.60. The minimum atomic E-state index is -3.55. The van der Waals surface area contributed by atoms with Crippen LogP contribution >= 0.6 is 11.8 Å². The fourth-order valence-electron chi connectivity index (χ4n) is 2.46. The van der Waals surface area contributed by atoms with Gasteiger partial charge in [0, 0.05) is 19.6 Å². The lowest BCUT2D eigenvalue weighted by molar-refractivity contribution is -0.120. The van der Waals surface area contributed by atoms with Crippen molar-refractivity contribution in [3.63, 3.8) is 0 Å². The molecule has 1 aromatic heterocycles. The third-order valence-corrected chi connectivity index (χ3v) is 7.00. The second kappa shape index (κ2) is 9.07. The summed E-state index contributed by atoms with van der Waals surface area (Å²) in [5.41, 5.74) is 0.950. The molecule has 27 heavy (non-hydrogen) atoms. The zero-order valence-electron chi connectivity index (χ0n) is 16.4. The fourth-order valence-corrected chi connectivity index (χ4v) is 4.72. The highest BCUT2D eigenvalue weighted by atomic mass is 32.2. The van der Waals surface area contributed by atoms with Gasteiger partial charge >= 0.3 is 0 Å². The third-order valence-electron chi connectivity index (χ3n) is 4.01. The lowest BCUT2D eigenvalue weighted by Gasteiger charge is -2.18. The molecule has 0 radical (unpaired) electrons. The first-order valence-corrected chi connectivity index (χ1v) is 11.4. The fraction of sp³-hybridized carbons (Fsp3) is 0.556. The van der Waals surface area contributed by atoms with Gasteiger partial charge in [-0.25, -0.2) is 13.4 Å². The monoisotopic (exact) mass is 413 g/mol. The molecule has 0 aliphatic carbocycles. The minimum absolute atomic E-state index is 0.0826. The van der Waals surface area contributed by atoms with E-state index < -0.39 is 10.0 Å². The normalized spacial score (nSPS) is 13.4. The summed E-state index contributed by atoms with van der Waals surface area (Å²) in [5.74, 6) is 0.294. The van der Waals surface area contributed by atoms with Crippen molar-refractivity contribution < 1.29 is 17.6 Å². The van der Waals surface area contributed by atoms with Gasteiger partial charge in [-0.1, -0.05) is 39.5 Å². The highest BCUT2D eigenvalue weighted by molar-refractivity contribution is 8.00. The number of fused-ring (bicyclic) bond motifs is 1. The number of thioether (sulfide) groups is 1. The molecule has 1 heterocycles. The number of carbonyl (C=O) groups is 1. The van der Waals surface area contributed by atoms with E-state index >= 15 is 0 Å². The molecule has 1 aromatic carbocycles. The molecule has 1 amide bonds. The van der Waals surface area contributed by atoms with Crippen LogP contribution in [0.1, 0.15) is 34.6 Å². The Morgan fingerprint density at radius 2 is 1.93 bits per heavy atom. The molecule has 2 rings (SSSR count). The highest BCUT2D eigenvalue weighted by Gasteiger charge is 2.23. The van der Waals surface area contributed by atoms with E-state index in [4.69, 9.17) is 4.42 Å². The van der Waals surface area contributed by atoms with Crippen molar-refractivity contribution >= 4 is 38.8 Å². The summed E-state index contributed by atoms with van der Waals surface area (Å²) in [7, 11) is -3.55. The minimum Gasteiger partial charge on any atom is -0.431 e. The standard InChI is InChI=1S/C18H27N3O4S2/c1-6-21(7-2)27(23,24)14-8-9-16-15(10-14)20-18(25-16)26-13(5)17(22)19-11-12(3)4/h8-10,12-13H,6-7,11H2,1-5H3,(H,19,22)/t13-/m0/s1. The van der Waals surface area contributed by atoms with Crippen LogP contribution < -0.4 is 5.32 Å². The van der Waals surface area contributed by atoms with Gasteiger partial charge in [-0.2, -0.15) is 4.31 Å². The van der Waals surface area contributed by atoms with Crippen molar-refractivity contribution in [2.24, 2.45) is 5.92 Å². The molecule has 0 aliphatic heterocycles. The molecule has 1 atom stereocenters. The Bertz CT molecular complexity index is 889. The number of rotatable bonds is 9. The molecule has 0 fully saturated rings. The van der Waals surface area contributed by atoms with E-state index in [9.17, 15) is 13.2 Å². The van der Waals surface area contributed by atoms with Gasteiger partial charge in [-0.15, -0.1) is 0 Å². The first kappa shape index (κ1) is 21.7. The summed E-state index contributed by atoms with van der Waals surface area (Å²) in [5, 5.41) is 2.85. The van der Waals surface area contributed by atoms with Crippen molar-refractivity contribution in [1.29, 1.82) is 0 Å². The second-order valence-corrected chi connectivity index (χ2v) is 9.83. The van der Waals surface area contributed by atoms with E-state index in [1.807, 2.05) is 13.8 Å². The van der Waals surface area contributed by atoms with Gasteiger partial charge in [-0.05, 0) is 31.0 Å². The number of aromatic nitrogens is 1. The van der Waals surface area contributed by atoms with Crippen LogP contribution in [-0.2, 0) is 14.8 Å².